The van der Waals surface area contributed by atoms with E-state index in [1.165, 1.54) is 18.4 Å². The van der Waals surface area contributed by atoms with Crippen LogP contribution in [0.1, 0.15) is 23.0 Å². The Morgan fingerprint density at radius 1 is 1.20 bits per heavy atom. The highest BCUT2D eigenvalue weighted by Gasteiger charge is 2.14. The Morgan fingerprint density at radius 2 is 1.87 bits per heavy atom. The molecule has 0 radical (unpaired) electrons. The van der Waals surface area contributed by atoms with Gasteiger partial charge in [-0.25, -0.2) is 4.39 Å². The van der Waals surface area contributed by atoms with Gasteiger partial charge in [0.05, 0.1) is 6.26 Å². The van der Waals surface area contributed by atoms with Crippen LogP contribution in [0.4, 0.5) is 4.39 Å². The maximum absolute atomic E-state index is 12.7. The summed E-state index contributed by atoms with van der Waals surface area (Å²) in [5.74, 6) is 0.363. The highest BCUT2D eigenvalue weighted by molar-refractivity contribution is 5.30. The zero-order chi connectivity index (χ0) is 10.8. The Balaban J connectivity index is 2.32. The molecule has 0 saturated heterocycles. The van der Waals surface area contributed by atoms with Crippen LogP contribution in [0.3, 0.4) is 0 Å². The summed E-state index contributed by atoms with van der Waals surface area (Å²) in [6.45, 7) is 1.78. The Kier molecular flexibility index (Phi) is 2.56. The van der Waals surface area contributed by atoms with E-state index in [2.05, 4.69) is 0 Å². The predicted octanol–water partition coefficient (Wildman–Crippen LogP) is 2.81. The normalized spacial score (nSPS) is 12.7. The van der Waals surface area contributed by atoms with E-state index in [0.29, 0.717) is 16.9 Å². The van der Waals surface area contributed by atoms with Crippen molar-refractivity contribution < 1.29 is 13.9 Å². The number of aryl methyl sites for hydroxylation is 1. The number of benzene rings is 1. The fraction of sp³-hybridized carbons (Fsp3) is 0.167. The summed E-state index contributed by atoms with van der Waals surface area (Å²) in [5, 5.41) is 9.97. The van der Waals surface area contributed by atoms with Crippen molar-refractivity contribution >= 4 is 0 Å². The van der Waals surface area contributed by atoms with Crippen molar-refractivity contribution in [2.24, 2.45) is 0 Å². The van der Waals surface area contributed by atoms with E-state index in [1.807, 2.05) is 0 Å². The number of aliphatic hydroxyl groups excluding tert-OH is 1. The van der Waals surface area contributed by atoms with Crippen LogP contribution in [-0.2, 0) is 0 Å². The Bertz CT molecular complexity index is 445. The first kappa shape index (κ1) is 9.93. The summed E-state index contributed by atoms with van der Waals surface area (Å²) in [4.78, 5) is 0. The maximum Gasteiger partial charge on any atom is 0.123 e. The van der Waals surface area contributed by atoms with Crippen LogP contribution in [0, 0.1) is 12.7 Å². The van der Waals surface area contributed by atoms with Crippen LogP contribution in [0.5, 0.6) is 0 Å². The number of halogens is 1. The van der Waals surface area contributed by atoms with Crippen molar-refractivity contribution in [2.75, 3.05) is 0 Å². The fourth-order valence-corrected chi connectivity index (χ4v) is 1.50. The lowest BCUT2D eigenvalue weighted by Gasteiger charge is -2.09. The molecule has 1 atom stereocenters. The van der Waals surface area contributed by atoms with Gasteiger partial charge >= 0.3 is 0 Å². The molecule has 0 saturated carbocycles. The molecule has 1 heterocycles. The standard InChI is InChI=1S/C12H11FO2/c1-8-11(6-7-15-8)12(14)9-2-4-10(13)5-3-9/h2-7,12,14H,1H3. The SMILES string of the molecule is Cc1occc1C(O)c1ccc(F)cc1. The lowest BCUT2D eigenvalue weighted by molar-refractivity contribution is 0.218. The second-order valence-electron chi connectivity index (χ2n) is 3.39. The van der Waals surface area contributed by atoms with Gasteiger partial charge in [-0.3, -0.25) is 0 Å². The lowest BCUT2D eigenvalue weighted by Crippen LogP contribution is -1.99. The van der Waals surface area contributed by atoms with Gasteiger partial charge in [0.2, 0.25) is 0 Å². The van der Waals surface area contributed by atoms with Crippen LogP contribution in [0.2, 0.25) is 0 Å². The van der Waals surface area contributed by atoms with Crippen molar-refractivity contribution in [2.45, 2.75) is 13.0 Å². The quantitative estimate of drug-likeness (QED) is 0.819. The molecule has 0 aliphatic carbocycles. The van der Waals surface area contributed by atoms with Crippen molar-refractivity contribution in [1.82, 2.24) is 0 Å². The molecule has 1 aromatic carbocycles. The summed E-state index contributed by atoms with van der Waals surface area (Å²) < 4.78 is 17.8. The zero-order valence-electron chi connectivity index (χ0n) is 8.27. The Labute approximate surface area is 87.0 Å². The molecule has 0 aliphatic rings. The first-order valence-electron chi connectivity index (χ1n) is 4.66. The molecule has 0 amide bonds. The fourth-order valence-electron chi connectivity index (χ4n) is 1.50. The molecule has 2 nitrogen and oxygen atoms in total. The van der Waals surface area contributed by atoms with Crippen LogP contribution in [0.25, 0.3) is 0 Å². The van der Waals surface area contributed by atoms with Crippen molar-refractivity contribution in [3.63, 3.8) is 0 Å². The van der Waals surface area contributed by atoms with Gasteiger partial charge in [0, 0.05) is 5.56 Å². The van der Waals surface area contributed by atoms with Gasteiger partial charge in [0.15, 0.2) is 0 Å². The van der Waals surface area contributed by atoms with Crippen LogP contribution in [0.15, 0.2) is 41.0 Å². The highest BCUT2D eigenvalue weighted by atomic mass is 19.1. The average molecular weight is 206 g/mol. The second kappa shape index (κ2) is 3.87. The molecular formula is C12H11FO2. The summed E-state index contributed by atoms with van der Waals surface area (Å²) >= 11 is 0. The van der Waals surface area contributed by atoms with Gasteiger partial charge in [-0.1, -0.05) is 12.1 Å². The van der Waals surface area contributed by atoms with Gasteiger partial charge in [-0.2, -0.15) is 0 Å². The number of aliphatic hydroxyl groups is 1. The molecule has 78 valence electrons. The van der Waals surface area contributed by atoms with E-state index in [-0.39, 0.29) is 5.82 Å². The molecular weight excluding hydrogens is 195 g/mol. The first-order valence-corrected chi connectivity index (χ1v) is 4.66. The largest absolute Gasteiger partial charge is 0.469 e. The van der Waals surface area contributed by atoms with Gasteiger partial charge in [-0.05, 0) is 30.7 Å². The number of hydrogen-bond donors (Lipinski definition) is 1. The minimum absolute atomic E-state index is 0.310. The van der Waals surface area contributed by atoms with E-state index in [4.69, 9.17) is 4.42 Å². The lowest BCUT2D eigenvalue weighted by atomic mass is 10.0. The Morgan fingerprint density at radius 3 is 2.40 bits per heavy atom. The monoisotopic (exact) mass is 206 g/mol. The number of hydrogen-bond acceptors (Lipinski definition) is 2. The van der Waals surface area contributed by atoms with E-state index in [9.17, 15) is 9.50 Å². The summed E-state index contributed by atoms with van der Waals surface area (Å²) in [6, 6.07) is 7.49. The summed E-state index contributed by atoms with van der Waals surface area (Å²) in [6.07, 6.45) is 0.765. The topological polar surface area (TPSA) is 33.4 Å². The molecule has 0 spiro atoms. The van der Waals surface area contributed by atoms with Gasteiger partial charge in [-0.15, -0.1) is 0 Å². The van der Waals surface area contributed by atoms with Crippen molar-refractivity contribution in [1.29, 1.82) is 0 Å². The Hall–Kier alpha value is -1.61. The summed E-state index contributed by atoms with van der Waals surface area (Å²) in [7, 11) is 0. The molecule has 1 aromatic heterocycles. The minimum atomic E-state index is -0.760. The molecule has 2 aromatic rings. The van der Waals surface area contributed by atoms with Crippen LogP contribution >= 0.6 is 0 Å². The second-order valence-corrected chi connectivity index (χ2v) is 3.39. The van der Waals surface area contributed by atoms with Gasteiger partial charge in [0.1, 0.15) is 17.7 Å². The van der Waals surface area contributed by atoms with E-state index in [0.717, 1.165) is 0 Å². The van der Waals surface area contributed by atoms with Crippen molar-refractivity contribution in [3.05, 3.63) is 59.3 Å². The molecule has 15 heavy (non-hydrogen) atoms. The molecule has 2 rings (SSSR count). The third-order valence-corrected chi connectivity index (χ3v) is 2.38. The smallest absolute Gasteiger partial charge is 0.123 e. The van der Waals surface area contributed by atoms with Gasteiger partial charge in [0.25, 0.3) is 0 Å². The molecule has 3 heteroatoms. The molecule has 1 unspecified atom stereocenters. The molecule has 1 N–H and O–H groups in total. The highest BCUT2D eigenvalue weighted by Crippen LogP contribution is 2.25. The van der Waals surface area contributed by atoms with E-state index >= 15 is 0 Å². The number of rotatable bonds is 2. The molecule has 0 fully saturated rings. The predicted molar refractivity (Wildman–Crippen MR) is 53.9 cm³/mol. The van der Waals surface area contributed by atoms with E-state index < -0.39 is 6.10 Å². The van der Waals surface area contributed by atoms with Crippen LogP contribution in [-0.4, -0.2) is 5.11 Å². The van der Waals surface area contributed by atoms with E-state index in [1.54, 1.807) is 25.1 Å². The maximum atomic E-state index is 12.7. The van der Waals surface area contributed by atoms with Crippen LogP contribution < -0.4 is 0 Å². The third kappa shape index (κ3) is 1.92. The average Bonchev–Trinajstić information content (AvgIpc) is 2.65. The zero-order valence-corrected chi connectivity index (χ0v) is 8.27. The summed E-state index contributed by atoms with van der Waals surface area (Å²) in [5.41, 5.74) is 1.36. The minimum Gasteiger partial charge on any atom is -0.469 e. The molecule has 0 bridgehead atoms. The third-order valence-electron chi connectivity index (χ3n) is 2.38. The van der Waals surface area contributed by atoms with Gasteiger partial charge < -0.3 is 9.52 Å². The number of furan rings is 1. The molecule has 0 aliphatic heterocycles. The van der Waals surface area contributed by atoms with Crippen molar-refractivity contribution in [3.8, 4) is 0 Å². The first-order chi connectivity index (χ1) is 7.18.